The van der Waals surface area contributed by atoms with E-state index in [0.29, 0.717) is 12.2 Å². The Morgan fingerprint density at radius 2 is 1.18 bits per heavy atom. The fourth-order valence-corrected chi connectivity index (χ4v) is 12.2. The molecular weight excluding hydrogens is 1110 g/mol. The molecule has 85 heavy (non-hydrogen) atoms. The first-order chi connectivity index (χ1) is 39.6. The number of hydrazine groups is 2. The lowest BCUT2D eigenvalue weighted by Crippen LogP contribution is -2.40. The van der Waals surface area contributed by atoms with E-state index in [1.165, 1.54) is 48.5 Å². The van der Waals surface area contributed by atoms with Crippen LogP contribution < -0.4 is 22.3 Å². The van der Waals surface area contributed by atoms with Gasteiger partial charge in [-0.15, -0.1) is 0 Å². The highest BCUT2D eigenvalue weighted by atomic mass is 35.5. The van der Waals surface area contributed by atoms with Crippen LogP contribution >= 0.6 is 11.6 Å². The maximum absolute atomic E-state index is 14.7. The lowest BCUT2D eigenvalue weighted by Gasteiger charge is -2.36. The molecule has 20 heteroatoms. The Labute approximate surface area is 502 Å². The van der Waals surface area contributed by atoms with Crippen molar-refractivity contribution in [1.29, 1.82) is 0 Å². The summed E-state index contributed by atoms with van der Waals surface area (Å²) in [5.41, 5.74) is 5.66. The van der Waals surface area contributed by atoms with Crippen molar-refractivity contribution < 1.29 is 51.9 Å². The molecule has 1 aromatic heterocycles. The summed E-state index contributed by atoms with van der Waals surface area (Å²) in [6, 6.07) is 37.8. The molecule has 0 radical (unpaired) electrons. The normalized spacial score (nSPS) is 20.8. The van der Waals surface area contributed by atoms with Crippen molar-refractivity contribution in [3.63, 3.8) is 0 Å². The van der Waals surface area contributed by atoms with E-state index in [1.807, 2.05) is 60.1 Å². The molecule has 2 amide bonds. The SMILES string of the molecule is CC(C)(C)OC(=O)N(Cc1ccccc1)Nc1ccccc1F.CC1(C)[C@H]2CC[C@]1(C)C(=O)C2C(=O)Cl.CC1(C)[C@H]2CC[C@]1(C)c1c2c(=O)n(-c2ccccc2F)n1Cc1ccccc1.CN(N)C(=O)OC(C)(C)C.OB(O)c1ccccc1F. The number of nitrogens with one attached hydrogen (secondary N) is 1. The second-order valence-corrected chi connectivity index (χ2v) is 25.9. The molecule has 15 nitrogen and oxygen atoms in total. The average Bonchev–Trinajstić information content (AvgIpc) is 1.71. The van der Waals surface area contributed by atoms with Gasteiger partial charge in [0, 0.05) is 28.9 Å². The fraction of sp³-hybridized carbons (Fsp3) is 0.431. The number of Topliss-reactive ketones (excluding diaryl/α,β-unsaturated/α-hetero) is 1. The van der Waals surface area contributed by atoms with Gasteiger partial charge in [0.05, 0.1) is 30.4 Å². The molecule has 6 aromatic rings. The number of benzene rings is 5. The second-order valence-electron chi connectivity index (χ2n) is 25.5. The molecule has 0 aliphatic heterocycles. The third kappa shape index (κ3) is 14.9. The van der Waals surface area contributed by atoms with E-state index in [9.17, 15) is 37.1 Å². The lowest BCUT2D eigenvalue weighted by atomic mass is 9.70. The molecule has 456 valence electrons. The van der Waals surface area contributed by atoms with Crippen molar-refractivity contribution in [3.05, 3.63) is 184 Å². The average molecular weight is 1190 g/mol. The highest BCUT2D eigenvalue weighted by Crippen LogP contribution is 2.68. The van der Waals surface area contributed by atoms with Crippen LogP contribution in [0.4, 0.5) is 28.4 Å². The zero-order chi connectivity index (χ0) is 63.2. The molecule has 4 bridgehead atoms. The Balaban J connectivity index is 0.000000182. The molecule has 1 heterocycles. The Morgan fingerprint density at radius 3 is 1.64 bits per heavy atom. The number of nitrogens with zero attached hydrogens (tertiary/aromatic N) is 4. The number of aromatic nitrogens is 2. The second kappa shape index (κ2) is 26.6. The summed E-state index contributed by atoms with van der Waals surface area (Å²) in [6.07, 6.45) is 2.87. The van der Waals surface area contributed by atoms with Crippen LogP contribution in [-0.4, -0.2) is 78.0 Å². The first-order valence-electron chi connectivity index (χ1n) is 28.3. The standard InChI is InChI=1S/C24H25FN2O.C18H21FN2O2.C11H15ClO2.C6H6BFO2.C6H14N2O2/c1-23(2)17-13-14-24(23,3)21-20(17)22(28)27(19-12-8-7-11-18(19)25)26(21)15-16-9-5-4-6-10-16;1-18(2,3)23-17(22)21(13-14-9-5-4-6-10-14)20-16-12-8-7-11-15(16)19;1-10(2)6-4-5-11(10,3)8(13)7(6)9(12)14;8-6-4-2-1-3-5(6)7(9)10;1-6(2,3)10-5(9)8(4)7/h4-12,17H,13-15H2,1-3H3;4-12,20H,13H2,1-3H3;6-7H,4-5H2,1-3H3;1-4,9-10H;7H2,1-4H3/t17-,24+;;6-,7?,11+;;/m0.0../s1. The monoisotopic (exact) mass is 1190 g/mol. The number of hydrogen-bond acceptors (Lipinski definition) is 11. The number of ether oxygens (including phenoxy) is 2. The van der Waals surface area contributed by atoms with Crippen LogP contribution in [0.25, 0.3) is 5.69 Å². The number of amides is 2. The van der Waals surface area contributed by atoms with Crippen molar-refractivity contribution in [2.24, 2.45) is 33.9 Å². The number of hydrogen-bond donors (Lipinski definition) is 4. The lowest BCUT2D eigenvalue weighted by molar-refractivity contribution is -0.135. The van der Waals surface area contributed by atoms with E-state index in [1.54, 1.807) is 82.6 Å². The summed E-state index contributed by atoms with van der Waals surface area (Å²) in [5, 5.41) is 18.7. The molecule has 0 spiro atoms. The van der Waals surface area contributed by atoms with E-state index < -0.39 is 53.3 Å². The number of nitrogens with two attached hydrogens (primary N) is 1. The number of halogens is 4. The van der Waals surface area contributed by atoms with Gasteiger partial charge in [-0.3, -0.25) is 24.5 Å². The van der Waals surface area contributed by atoms with Crippen molar-refractivity contribution in [2.45, 2.75) is 144 Å². The van der Waals surface area contributed by atoms with E-state index in [-0.39, 0.29) is 68.4 Å². The van der Waals surface area contributed by atoms with Crippen LogP contribution in [0.5, 0.6) is 0 Å². The van der Waals surface area contributed by atoms with Gasteiger partial charge < -0.3 is 19.5 Å². The predicted octanol–water partition coefficient (Wildman–Crippen LogP) is 12.2. The van der Waals surface area contributed by atoms with Gasteiger partial charge in [0.15, 0.2) is 5.78 Å². The number of anilines is 1. The van der Waals surface area contributed by atoms with Crippen molar-refractivity contribution in [1.82, 2.24) is 19.4 Å². The van der Waals surface area contributed by atoms with E-state index in [4.69, 9.17) is 37.0 Å². The van der Waals surface area contributed by atoms with Crippen LogP contribution in [-0.2, 0) is 37.6 Å². The minimum atomic E-state index is -1.72. The van der Waals surface area contributed by atoms with Gasteiger partial charge in [-0.05, 0) is 143 Å². The summed E-state index contributed by atoms with van der Waals surface area (Å²) in [7, 11) is -0.283. The van der Waals surface area contributed by atoms with E-state index in [2.05, 4.69) is 52.2 Å². The maximum Gasteiger partial charge on any atom is 0.491 e. The molecular formula is C65H81BClF3N6O9. The Kier molecular flexibility index (Phi) is 21.0. The molecule has 4 aliphatic carbocycles. The topological polar surface area (TPSA) is 199 Å². The zero-order valence-corrected chi connectivity index (χ0v) is 51.6. The van der Waals surface area contributed by atoms with Gasteiger partial charge in [-0.25, -0.2) is 43.3 Å². The van der Waals surface area contributed by atoms with Crippen molar-refractivity contribution >= 4 is 53.1 Å². The van der Waals surface area contributed by atoms with Gasteiger partial charge in [-0.1, -0.05) is 145 Å². The quantitative estimate of drug-likeness (QED) is 0.0268. The first-order valence-corrected chi connectivity index (χ1v) is 28.7. The molecule has 3 fully saturated rings. The largest absolute Gasteiger partial charge is 0.491 e. The van der Waals surface area contributed by atoms with Crippen LogP contribution in [0.15, 0.2) is 138 Å². The Morgan fingerprint density at radius 1 is 0.682 bits per heavy atom. The molecule has 1 unspecified atom stereocenters. The summed E-state index contributed by atoms with van der Waals surface area (Å²) in [6.45, 7) is 24.5. The van der Waals surface area contributed by atoms with Gasteiger partial charge in [-0.2, -0.15) is 0 Å². The van der Waals surface area contributed by atoms with Gasteiger partial charge in [0.2, 0.25) is 5.24 Å². The number of carbonyl (C=O) groups is 4. The highest BCUT2D eigenvalue weighted by molar-refractivity contribution is 6.65. The summed E-state index contributed by atoms with van der Waals surface area (Å²) in [4.78, 5) is 60.0. The maximum atomic E-state index is 14.7. The molecule has 5 aromatic carbocycles. The number of carbonyl (C=O) groups excluding carboxylic acids is 4. The van der Waals surface area contributed by atoms with Crippen LogP contribution in [0.1, 0.15) is 137 Å². The Hall–Kier alpha value is -7.19. The van der Waals surface area contributed by atoms with Crippen LogP contribution in [0.3, 0.4) is 0 Å². The third-order valence-electron chi connectivity index (χ3n) is 17.1. The minimum Gasteiger partial charge on any atom is -0.443 e. The summed E-state index contributed by atoms with van der Waals surface area (Å²) >= 11 is 5.50. The smallest absolute Gasteiger partial charge is 0.443 e. The molecule has 10 rings (SSSR count). The number of rotatable bonds is 9. The highest BCUT2D eigenvalue weighted by Gasteiger charge is 2.68. The van der Waals surface area contributed by atoms with Crippen molar-refractivity contribution in [3.8, 4) is 5.69 Å². The molecule has 0 saturated heterocycles. The summed E-state index contributed by atoms with van der Waals surface area (Å²) in [5.74, 6) is 3.62. The van der Waals surface area contributed by atoms with Crippen LogP contribution in [0.2, 0.25) is 0 Å². The molecule has 3 saturated carbocycles. The minimum absolute atomic E-state index is 0.0313. The first kappa shape index (κ1) is 66.9. The van der Waals surface area contributed by atoms with Gasteiger partial charge in [0.25, 0.3) is 5.56 Å². The number of para-hydroxylation sites is 2. The number of fused-ring (bicyclic) bond motifs is 7. The fourth-order valence-electron chi connectivity index (χ4n) is 12.0. The molecule has 5 N–H and O–H groups in total. The van der Waals surface area contributed by atoms with Crippen LogP contribution in [0, 0.1) is 45.5 Å². The molecule has 5 atom stereocenters. The van der Waals surface area contributed by atoms with Gasteiger partial charge >= 0.3 is 19.3 Å². The predicted molar refractivity (Wildman–Crippen MR) is 325 cm³/mol. The van der Waals surface area contributed by atoms with E-state index >= 15 is 0 Å². The van der Waals surface area contributed by atoms with Gasteiger partial charge in [0.1, 0.15) is 34.3 Å². The molecule has 4 aliphatic rings. The van der Waals surface area contributed by atoms with Crippen molar-refractivity contribution in [2.75, 3.05) is 12.5 Å². The Bertz CT molecular complexity index is 3380. The van der Waals surface area contributed by atoms with E-state index in [0.717, 1.165) is 53.1 Å². The third-order valence-corrected chi connectivity index (χ3v) is 17.3. The zero-order valence-electron chi connectivity index (χ0n) is 50.9. The number of ketones is 1. The summed E-state index contributed by atoms with van der Waals surface area (Å²) < 4.78 is 55.0.